The van der Waals surface area contributed by atoms with Gasteiger partial charge in [0.1, 0.15) is 5.70 Å². The zero-order valence-electron chi connectivity index (χ0n) is 14.2. The first-order valence-electron chi connectivity index (χ1n) is 8.54. The molecule has 0 spiro atoms. The van der Waals surface area contributed by atoms with Gasteiger partial charge in [-0.15, -0.1) is 0 Å². The molecule has 2 aromatic rings. The molecule has 1 saturated heterocycles. The number of H-pyrrole nitrogens is 1. The van der Waals surface area contributed by atoms with Crippen LogP contribution in [-0.4, -0.2) is 53.5 Å². The zero-order valence-corrected chi connectivity index (χ0v) is 14.2. The highest BCUT2D eigenvalue weighted by Crippen LogP contribution is 2.19. The van der Waals surface area contributed by atoms with E-state index in [0.29, 0.717) is 17.6 Å². The summed E-state index contributed by atoms with van der Waals surface area (Å²) in [6.45, 7) is 2.44. The van der Waals surface area contributed by atoms with Gasteiger partial charge in [0.15, 0.2) is 0 Å². The van der Waals surface area contributed by atoms with Gasteiger partial charge in [0.2, 0.25) is 5.96 Å². The van der Waals surface area contributed by atoms with Crippen molar-refractivity contribution in [3.05, 3.63) is 35.8 Å². The van der Waals surface area contributed by atoms with Crippen molar-refractivity contribution in [2.45, 2.75) is 12.8 Å². The molecule has 2 aliphatic heterocycles. The molecule has 1 aromatic heterocycles. The quantitative estimate of drug-likeness (QED) is 0.835. The second-order valence-corrected chi connectivity index (χ2v) is 6.44. The van der Waals surface area contributed by atoms with E-state index in [4.69, 9.17) is 4.74 Å². The minimum Gasteiger partial charge on any atom is -0.381 e. The average Bonchev–Trinajstić information content (AvgIpc) is 3.21. The molecule has 1 amide bonds. The van der Waals surface area contributed by atoms with Gasteiger partial charge in [-0.1, -0.05) is 6.07 Å². The first kappa shape index (κ1) is 15.8. The second kappa shape index (κ2) is 6.68. The van der Waals surface area contributed by atoms with Gasteiger partial charge >= 0.3 is 0 Å². The van der Waals surface area contributed by atoms with Crippen LogP contribution in [0.25, 0.3) is 17.1 Å². The van der Waals surface area contributed by atoms with E-state index in [9.17, 15) is 4.79 Å². The SMILES string of the molecule is CN1C(=O)/C(=C/c2ccc3[nH]cnc3c2)N=C1NCC1CCOCC1. The average molecular weight is 339 g/mol. The number of nitrogens with one attached hydrogen (secondary N) is 2. The van der Waals surface area contributed by atoms with E-state index in [0.717, 1.165) is 49.2 Å². The summed E-state index contributed by atoms with van der Waals surface area (Å²) in [4.78, 5) is 25.8. The van der Waals surface area contributed by atoms with Crippen LogP contribution < -0.4 is 5.32 Å². The number of benzene rings is 1. The van der Waals surface area contributed by atoms with Crippen molar-refractivity contribution in [2.24, 2.45) is 10.9 Å². The molecular weight excluding hydrogens is 318 g/mol. The third-order valence-electron chi connectivity index (χ3n) is 4.71. The highest BCUT2D eigenvalue weighted by Gasteiger charge is 2.27. The molecule has 0 unspecified atom stereocenters. The van der Waals surface area contributed by atoms with Crippen LogP contribution in [0.3, 0.4) is 0 Å². The Morgan fingerprint density at radius 2 is 2.24 bits per heavy atom. The number of likely N-dealkylation sites (N-methyl/N-ethyl adjacent to an activating group) is 1. The smallest absolute Gasteiger partial charge is 0.279 e. The van der Waals surface area contributed by atoms with Crippen LogP contribution in [0, 0.1) is 5.92 Å². The van der Waals surface area contributed by atoms with Crippen molar-refractivity contribution in [2.75, 3.05) is 26.8 Å². The summed E-state index contributed by atoms with van der Waals surface area (Å²) in [7, 11) is 1.75. The number of rotatable bonds is 3. The number of aromatic amines is 1. The van der Waals surface area contributed by atoms with E-state index in [-0.39, 0.29) is 5.91 Å². The van der Waals surface area contributed by atoms with Gasteiger partial charge in [-0.05, 0) is 42.5 Å². The van der Waals surface area contributed by atoms with Gasteiger partial charge in [0.25, 0.3) is 5.91 Å². The second-order valence-electron chi connectivity index (χ2n) is 6.44. The predicted octanol–water partition coefficient (Wildman–Crippen LogP) is 1.75. The molecule has 0 saturated carbocycles. The Morgan fingerprint density at radius 3 is 3.08 bits per heavy atom. The monoisotopic (exact) mass is 339 g/mol. The van der Waals surface area contributed by atoms with Crippen LogP contribution in [0.5, 0.6) is 0 Å². The van der Waals surface area contributed by atoms with E-state index >= 15 is 0 Å². The lowest BCUT2D eigenvalue weighted by Crippen LogP contribution is -2.41. The van der Waals surface area contributed by atoms with Crippen molar-refractivity contribution < 1.29 is 9.53 Å². The van der Waals surface area contributed by atoms with Crippen molar-refractivity contribution in [1.82, 2.24) is 20.2 Å². The fraction of sp³-hybridized carbons (Fsp3) is 0.389. The molecule has 7 heteroatoms. The van der Waals surface area contributed by atoms with Crippen LogP contribution in [0.15, 0.2) is 35.2 Å². The molecule has 0 radical (unpaired) electrons. The number of carbonyl (C=O) groups excluding carboxylic acids is 1. The van der Waals surface area contributed by atoms with Crippen LogP contribution >= 0.6 is 0 Å². The Morgan fingerprint density at radius 1 is 1.40 bits per heavy atom. The summed E-state index contributed by atoms with van der Waals surface area (Å²) in [5, 5.41) is 3.31. The number of ether oxygens (including phenoxy) is 1. The van der Waals surface area contributed by atoms with Crippen molar-refractivity contribution in [3.63, 3.8) is 0 Å². The van der Waals surface area contributed by atoms with Gasteiger partial charge in [0, 0.05) is 26.8 Å². The van der Waals surface area contributed by atoms with Gasteiger partial charge in [-0.2, -0.15) is 0 Å². The minimum absolute atomic E-state index is 0.100. The fourth-order valence-corrected chi connectivity index (χ4v) is 3.14. The van der Waals surface area contributed by atoms with Crippen molar-refractivity contribution in [3.8, 4) is 0 Å². The Kier molecular flexibility index (Phi) is 4.23. The predicted molar refractivity (Wildman–Crippen MR) is 95.8 cm³/mol. The van der Waals surface area contributed by atoms with Gasteiger partial charge in [-0.3, -0.25) is 9.69 Å². The maximum absolute atomic E-state index is 12.4. The molecule has 0 aliphatic carbocycles. The Hall–Kier alpha value is -2.67. The molecule has 3 heterocycles. The van der Waals surface area contributed by atoms with Crippen LogP contribution in [-0.2, 0) is 9.53 Å². The number of carbonyl (C=O) groups is 1. The normalized spacial score (nSPS) is 20.5. The van der Waals surface area contributed by atoms with E-state index in [1.807, 2.05) is 18.2 Å². The molecule has 4 rings (SSSR count). The molecule has 2 aliphatic rings. The summed E-state index contributed by atoms with van der Waals surface area (Å²) in [6, 6.07) is 5.84. The molecule has 7 nitrogen and oxygen atoms in total. The maximum atomic E-state index is 12.4. The molecule has 0 bridgehead atoms. The number of aliphatic imine (C=N–C) groups is 1. The van der Waals surface area contributed by atoms with Crippen molar-refractivity contribution in [1.29, 1.82) is 0 Å². The first-order valence-corrected chi connectivity index (χ1v) is 8.54. The number of imidazole rings is 1. The van der Waals surface area contributed by atoms with E-state index in [1.165, 1.54) is 0 Å². The lowest BCUT2D eigenvalue weighted by Gasteiger charge is -2.23. The first-order chi connectivity index (χ1) is 12.2. The number of guanidine groups is 1. The van der Waals surface area contributed by atoms with E-state index < -0.39 is 0 Å². The number of fused-ring (bicyclic) bond motifs is 1. The van der Waals surface area contributed by atoms with E-state index in [1.54, 1.807) is 24.4 Å². The Bertz CT molecular complexity index is 848. The highest BCUT2D eigenvalue weighted by molar-refractivity contribution is 6.13. The summed E-state index contributed by atoms with van der Waals surface area (Å²) in [5.74, 6) is 1.08. The third kappa shape index (κ3) is 3.28. The molecular formula is C18H21N5O2. The van der Waals surface area contributed by atoms with Crippen molar-refractivity contribution >= 4 is 29.0 Å². The molecule has 25 heavy (non-hydrogen) atoms. The van der Waals surface area contributed by atoms with Crippen LogP contribution in [0.2, 0.25) is 0 Å². The summed E-state index contributed by atoms with van der Waals surface area (Å²) in [6.07, 6.45) is 5.55. The van der Waals surface area contributed by atoms with Gasteiger partial charge in [-0.25, -0.2) is 9.98 Å². The largest absolute Gasteiger partial charge is 0.381 e. The highest BCUT2D eigenvalue weighted by atomic mass is 16.5. The van der Waals surface area contributed by atoms with Crippen LogP contribution in [0.4, 0.5) is 0 Å². The Balaban J connectivity index is 1.50. The number of hydrogen-bond acceptors (Lipinski definition) is 5. The summed E-state index contributed by atoms with van der Waals surface area (Å²) >= 11 is 0. The minimum atomic E-state index is -0.100. The third-order valence-corrected chi connectivity index (χ3v) is 4.71. The molecule has 0 atom stereocenters. The Labute approximate surface area is 145 Å². The molecule has 2 N–H and O–H groups in total. The lowest BCUT2D eigenvalue weighted by molar-refractivity contribution is -0.121. The van der Waals surface area contributed by atoms with Crippen LogP contribution in [0.1, 0.15) is 18.4 Å². The van der Waals surface area contributed by atoms with Gasteiger partial charge < -0.3 is 15.0 Å². The number of nitrogens with zero attached hydrogens (tertiary/aromatic N) is 3. The molecule has 1 fully saturated rings. The molecule has 130 valence electrons. The fourth-order valence-electron chi connectivity index (χ4n) is 3.14. The molecule has 1 aromatic carbocycles. The lowest BCUT2D eigenvalue weighted by atomic mass is 10.0. The zero-order chi connectivity index (χ0) is 17.2. The standard InChI is InChI=1S/C18H21N5O2/c1-23-17(24)16(9-13-2-3-14-15(8-13)21-11-20-14)22-18(23)19-10-12-4-6-25-7-5-12/h2-3,8-9,11-12H,4-7,10H2,1H3,(H,19,22)(H,20,21)/b16-9-. The summed E-state index contributed by atoms with van der Waals surface area (Å²) in [5.41, 5.74) is 3.19. The number of amides is 1. The topological polar surface area (TPSA) is 82.6 Å². The van der Waals surface area contributed by atoms with Gasteiger partial charge in [0.05, 0.1) is 17.4 Å². The number of hydrogen-bond donors (Lipinski definition) is 2. The van der Waals surface area contributed by atoms with E-state index in [2.05, 4.69) is 20.3 Å². The number of aromatic nitrogens is 2. The maximum Gasteiger partial charge on any atom is 0.279 e. The summed E-state index contributed by atoms with van der Waals surface area (Å²) < 4.78 is 5.38.